The van der Waals surface area contributed by atoms with Gasteiger partial charge in [0, 0.05) is 17.5 Å². The summed E-state index contributed by atoms with van der Waals surface area (Å²) in [4.78, 5) is 38.6. The highest BCUT2D eigenvalue weighted by Gasteiger charge is 2.15. The number of carbonyl (C=O) groups is 3. The maximum atomic E-state index is 11.8. The van der Waals surface area contributed by atoms with E-state index in [1.54, 1.807) is 12.3 Å². The molecule has 2 rings (SSSR count). The molecule has 120 valence electrons. The second-order valence-electron chi connectivity index (χ2n) is 4.39. The first kappa shape index (κ1) is 16.6. The second-order valence-corrected chi connectivity index (χ2v) is 5.25. The summed E-state index contributed by atoms with van der Waals surface area (Å²) >= 11 is 1.31. The van der Waals surface area contributed by atoms with Crippen molar-refractivity contribution in [1.29, 1.82) is 0 Å². The number of rotatable bonds is 5. The van der Waals surface area contributed by atoms with Gasteiger partial charge in [0.15, 0.2) is 12.3 Å². The monoisotopic (exact) mass is 333 g/mol. The van der Waals surface area contributed by atoms with Crippen molar-refractivity contribution < 1.29 is 19.1 Å². The van der Waals surface area contributed by atoms with Crippen LogP contribution in [0.25, 0.3) is 10.6 Å². The number of nitrogens with zero attached hydrogens (tertiary/aromatic N) is 1. The van der Waals surface area contributed by atoms with Crippen LogP contribution in [0.2, 0.25) is 0 Å². The van der Waals surface area contributed by atoms with Crippen molar-refractivity contribution in [3.8, 4) is 10.6 Å². The van der Waals surface area contributed by atoms with Crippen LogP contribution in [0.4, 0.5) is 4.79 Å². The van der Waals surface area contributed by atoms with Gasteiger partial charge in [0.2, 0.25) is 0 Å². The van der Waals surface area contributed by atoms with Gasteiger partial charge in [-0.25, -0.2) is 14.6 Å². The van der Waals surface area contributed by atoms with Gasteiger partial charge in [0.1, 0.15) is 5.01 Å². The Labute approximate surface area is 136 Å². The maximum Gasteiger partial charge on any atom is 0.358 e. The predicted octanol–water partition coefficient (Wildman–Crippen LogP) is 1.81. The molecule has 7 nitrogen and oxygen atoms in total. The fourth-order valence-corrected chi connectivity index (χ4v) is 2.45. The Morgan fingerprint density at radius 2 is 1.96 bits per heavy atom. The first-order valence-electron chi connectivity index (χ1n) is 6.86. The summed E-state index contributed by atoms with van der Waals surface area (Å²) in [5, 5.41) is 6.68. The lowest BCUT2D eigenvalue weighted by atomic mass is 10.2. The number of hydrogen-bond donors (Lipinski definition) is 2. The topological polar surface area (TPSA) is 97.4 Å². The van der Waals surface area contributed by atoms with Crippen LogP contribution in [0.15, 0.2) is 35.7 Å². The van der Waals surface area contributed by atoms with Gasteiger partial charge in [-0.05, 0) is 6.92 Å². The average Bonchev–Trinajstić information content (AvgIpc) is 3.03. The molecular formula is C15H15N3O4S. The normalized spacial score (nSPS) is 9.96. The molecule has 0 spiro atoms. The van der Waals surface area contributed by atoms with Gasteiger partial charge in [-0.15, -0.1) is 11.3 Å². The predicted molar refractivity (Wildman–Crippen MR) is 85.0 cm³/mol. The molecule has 1 aromatic carbocycles. The molecule has 0 fully saturated rings. The van der Waals surface area contributed by atoms with Crippen LogP contribution < -0.4 is 10.6 Å². The van der Waals surface area contributed by atoms with Gasteiger partial charge in [0.25, 0.3) is 5.91 Å². The number of esters is 1. The highest BCUT2D eigenvalue weighted by Crippen LogP contribution is 2.23. The minimum atomic E-state index is -0.713. The zero-order chi connectivity index (χ0) is 16.7. The number of benzene rings is 1. The largest absolute Gasteiger partial charge is 0.451 e. The lowest BCUT2D eigenvalue weighted by Gasteiger charge is -2.05. The Balaban J connectivity index is 1.88. The van der Waals surface area contributed by atoms with Crippen molar-refractivity contribution in [2.75, 3.05) is 13.2 Å². The standard InChI is InChI=1S/C15H15N3O4S/c1-2-16-15(21)18-12(19)8-22-14(20)11-9-23-13(17-11)10-6-4-3-5-7-10/h3-7,9H,2,8H2,1H3,(H2,16,18,19,21). The van der Waals surface area contributed by atoms with Gasteiger partial charge >= 0.3 is 12.0 Å². The number of aromatic nitrogens is 1. The smallest absolute Gasteiger partial charge is 0.358 e. The number of hydrogen-bond acceptors (Lipinski definition) is 6. The minimum Gasteiger partial charge on any atom is -0.451 e. The van der Waals surface area contributed by atoms with Crippen molar-refractivity contribution in [1.82, 2.24) is 15.6 Å². The van der Waals surface area contributed by atoms with Crippen LogP contribution >= 0.6 is 11.3 Å². The van der Waals surface area contributed by atoms with Crippen LogP contribution in [-0.4, -0.2) is 36.0 Å². The van der Waals surface area contributed by atoms with Crippen molar-refractivity contribution in [2.24, 2.45) is 0 Å². The van der Waals surface area contributed by atoms with E-state index in [0.29, 0.717) is 11.6 Å². The molecule has 0 saturated heterocycles. The summed E-state index contributed by atoms with van der Waals surface area (Å²) in [6, 6.07) is 8.77. The van der Waals surface area contributed by atoms with E-state index >= 15 is 0 Å². The van der Waals surface area contributed by atoms with Crippen molar-refractivity contribution in [3.05, 3.63) is 41.4 Å². The number of ether oxygens (including phenoxy) is 1. The highest BCUT2D eigenvalue weighted by molar-refractivity contribution is 7.13. The molecule has 0 radical (unpaired) electrons. The quantitative estimate of drug-likeness (QED) is 0.813. The van der Waals surface area contributed by atoms with Gasteiger partial charge in [-0.1, -0.05) is 30.3 Å². The molecule has 0 unspecified atom stereocenters. The van der Waals surface area contributed by atoms with E-state index in [1.807, 2.05) is 35.6 Å². The van der Waals surface area contributed by atoms with Crippen molar-refractivity contribution >= 4 is 29.2 Å². The second kappa shape index (κ2) is 8.04. The summed E-state index contributed by atoms with van der Waals surface area (Å²) in [5.41, 5.74) is 1.02. The molecule has 8 heteroatoms. The third kappa shape index (κ3) is 4.89. The van der Waals surface area contributed by atoms with Crippen LogP contribution in [0, 0.1) is 0 Å². The Morgan fingerprint density at radius 1 is 1.22 bits per heavy atom. The van der Waals surface area contributed by atoms with E-state index in [9.17, 15) is 14.4 Å². The van der Waals surface area contributed by atoms with Crippen LogP contribution in [0.1, 0.15) is 17.4 Å². The molecule has 0 bridgehead atoms. The molecule has 0 aliphatic carbocycles. The Kier molecular flexibility index (Phi) is 5.81. The van der Waals surface area contributed by atoms with E-state index in [1.165, 1.54) is 11.3 Å². The molecule has 23 heavy (non-hydrogen) atoms. The summed E-state index contributed by atoms with van der Waals surface area (Å²) in [7, 11) is 0. The molecule has 2 aromatic rings. The molecule has 1 heterocycles. The summed E-state index contributed by atoms with van der Waals surface area (Å²) in [5.74, 6) is -1.42. The minimum absolute atomic E-state index is 0.125. The SMILES string of the molecule is CCNC(=O)NC(=O)COC(=O)c1csc(-c2ccccc2)n1. The first-order valence-corrected chi connectivity index (χ1v) is 7.74. The zero-order valence-corrected chi connectivity index (χ0v) is 13.2. The fourth-order valence-electron chi connectivity index (χ4n) is 1.65. The number of carbonyl (C=O) groups excluding carboxylic acids is 3. The summed E-state index contributed by atoms with van der Waals surface area (Å²) < 4.78 is 4.83. The van der Waals surface area contributed by atoms with Gasteiger partial charge in [0.05, 0.1) is 0 Å². The van der Waals surface area contributed by atoms with Crippen molar-refractivity contribution in [2.45, 2.75) is 6.92 Å². The molecule has 2 N–H and O–H groups in total. The number of thiazole rings is 1. The van der Waals surface area contributed by atoms with E-state index in [0.717, 1.165) is 5.56 Å². The third-order valence-electron chi connectivity index (χ3n) is 2.66. The number of nitrogens with one attached hydrogen (secondary N) is 2. The molecular weight excluding hydrogens is 318 g/mol. The van der Waals surface area contributed by atoms with E-state index < -0.39 is 24.5 Å². The summed E-state index contributed by atoms with van der Waals surface area (Å²) in [6.45, 7) is 1.56. The first-order chi connectivity index (χ1) is 11.1. The average molecular weight is 333 g/mol. The van der Waals surface area contributed by atoms with Gasteiger partial charge in [-0.3, -0.25) is 10.1 Å². The van der Waals surface area contributed by atoms with E-state index in [4.69, 9.17) is 4.74 Å². The fraction of sp³-hybridized carbons (Fsp3) is 0.200. The van der Waals surface area contributed by atoms with Gasteiger partial charge < -0.3 is 10.1 Å². The van der Waals surface area contributed by atoms with Gasteiger partial charge in [-0.2, -0.15) is 0 Å². The molecule has 0 saturated carbocycles. The molecule has 3 amide bonds. The van der Waals surface area contributed by atoms with E-state index in [2.05, 4.69) is 10.3 Å². The molecule has 0 aliphatic heterocycles. The lowest BCUT2D eigenvalue weighted by molar-refractivity contribution is -0.123. The Bertz CT molecular complexity index is 700. The van der Waals surface area contributed by atoms with Crippen LogP contribution in [-0.2, 0) is 9.53 Å². The third-order valence-corrected chi connectivity index (χ3v) is 3.55. The Hall–Kier alpha value is -2.74. The number of urea groups is 1. The van der Waals surface area contributed by atoms with Crippen molar-refractivity contribution in [3.63, 3.8) is 0 Å². The van der Waals surface area contributed by atoms with Crippen LogP contribution in [0.3, 0.4) is 0 Å². The number of imide groups is 1. The van der Waals surface area contributed by atoms with E-state index in [-0.39, 0.29) is 5.69 Å². The molecule has 0 atom stereocenters. The lowest BCUT2D eigenvalue weighted by Crippen LogP contribution is -2.41. The molecule has 0 aliphatic rings. The highest BCUT2D eigenvalue weighted by atomic mass is 32.1. The number of amides is 3. The Morgan fingerprint density at radius 3 is 2.65 bits per heavy atom. The van der Waals surface area contributed by atoms with Crippen LogP contribution in [0.5, 0.6) is 0 Å². The zero-order valence-electron chi connectivity index (χ0n) is 12.4. The maximum absolute atomic E-state index is 11.8. The summed E-state index contributed by atoms with van der Waals surface area (Å²) in [6.07, 6.45) is 0. The molecule has 1 aromatic heterocycles.